The third-order valence-electron chi connectivity index (χ3n) is 6.65. The van der Waals surface area contributed by atoms with Crippen LogP contribution in [0.15, 0.2) is 66.1 Å². The van der Waals surface area contributed by atoms with E-state index in [1.165, 1.54) is 16.8 Å². The number of ether oxygens (including phenoxy) is 2. The molecule has 4 rings (SSSR count). The van der Waals surface area contributed by atoms with Crippen molar-refractivity contribution in [2.24, 2.45) is 7.05 Å². The van der Waals surface area contributed by atoms with Gasteiger partial charge in [-0.25, -0.2) is 13.4 Å². The summed E-state index contributed by atoms with van der Waals surface area (Å²) < 4.78 is 41.8. The number of hydrogen-bond acceptors (Lipinski definition) is 7. The maximum Gasteiger partial charge on any atom is 0.262 e. The van der Waals surface area contributed by atoms with Crippen molar-refractivity contribution in [3.8, 4) is 11.5 Å². The molecule has 1 aromatic heterocycles. The van der Waals surface area contributed by atoms with Crippen molar-refractivity contribution in [2.45, 2.75) is 30.5 Å². The summed E-state index contributed by atoms with van der Waals surface area (Å²) in [5.74, 6) is 1.10. The molecule has 11 heteroatoms. The lowest BCUT2D eigenvalue weighted by Crippen LogP contribution is -2.39. The number of carbonyl (C=O) groups is 1. The Hall–Kier alpha value is -3.41. The van der Waals surface area contributed by atoms with Crippen LogP contribution in [0.25, 0.3) is 0 Å². The Morgan fingerprint density at radius 1 is 1.03 bits per heavy atom. The largest absolute Gasteiger partial charge is 0.493 e. The Kier molecular flexibility index (Phi) is 9.03. The smallest absolute Gasteiger partial charge is 0.262 e. The topological polar surface area (TPSA) is 106 Å². The summed E-state index contributed by atoms with van der Waals surface area (Å²) in [6, 6.07) is 14.4. The minimum absolute atomic E-state index is 0.0137. The van der Waals surface area contributed by atoms with E-state index in [1.807, 2.05) is 48.5 Å². The Labute approximate surface area is 224 Å². The molecule has 0 aliphatic carbocycles. The van der Waals surface area contributed by atoms with Gasteiger partial charge in [-0.3, -0.25) is 9.69 Å². The third-order valence-corrected chi connectivity index (χ3v) is 8.44. The number of hydrogen-bond donors (Lipinski definition) is 1. The van der Waals surface area contributed by atoms with Crippen molar-refractivity contribution in [3.05, 3.63) is 72.2 Å². The normalized spacial score (nSPS) is 18.4. The molecule has 0 radical (unpaired) electrons. The van der Waals surface area contributed by atoms with Gasteiger partial charge in [0.1, 0.15) is 0 Å². The number of nitrogens with one attached hydrogen (secondary N) is 1. The van der Waals surface area contributed by atoms with Crippen molar-refractivity contribution in [3.63, 3.8) is 0 Å². The molecule has 0 bridgehead atoms. The molecule has 2 aromatic carbocycles. The number of aryl methyl sites for hydroxylation is 1. The molecular weight excluding hydrogens is 506 g/mol. The van der Waals surface area contributed by atoms with E-state index in [1.54, 1.807) is 25.8 Å². The van der Waals surface area contributed by atoms with Gasteiger partial charge < -0.3 is 19.4 Å². The second-order valence-corrected chi connectivity index (χ2v) is 11.1. The molecule has 1 atom stereocenters. The Morgan fingerprint density at radius 3 is 2.50 bits per heavy atom. The predicted molar refractivity (Wildman–Crippen MR) is 143 cm³/mol. The quantitative estimate of drug-likeness (QED) is 0.490. The van der Waals surface area contributed by atoms with Crippen LogP contribution >= 0.6 is 0 Å². The molecule has 0 spiro atoms. The van der Waals surface area contributed by atoms with Crippen molar-refractivity contribution < 1.29 is 22.7 Å². The number of benzene rings is 2. The Bertz CT molecular complexity index is 1330. The zero-order valence-electron chi connectivity index (χ0n) is 22.0. The van der Waals surface area contributed by atoms with Gasteiger partial charge in [0.25, 0.3) is 10.0 Å². The lowest BCUT2D eigenvalue weighted by molar-refractivity contribution is -0.122. The maximum absolute atomic E-state index is 13.8. The summed E-state index contributed by atoms with van der Waals surface area (Å²) in [6.45, 7) is 2.46. The fourth-order valence-electron chi connectivity index (χ4n) is 4.79. The van der Waals surface area contributed by atoms with Gasteiger partial charge >= 0.3 is 0 Å². The van der Waals surface area contributed by atoms with Crippen molar-refractivity contribution >= 4 is 15.9 Å². The summed E-state index contributed by atoms with van der Waals surface area (Å²) in [4.78, 5) is 19.4. The van der Waals surface area contributed by atoms with Crippen LogP contribution in [-0.2, 0) is 28.4 Å². The molecule has 1 amide bonds. The zero-order valence-corrected chi connectivity index (χ0v) is 22.9. The molecule has 38 heavy (non-hydrogen) atoms. The van der Waals surface area contributed by atoms with Crippen LogP contribution in [0.2, 0.25) is 0 Å². The molecule has 1 fully saturated rings. The second kappa shape index (κ2) is 12.4. The summed E-state index contributed by atoms with van der Waals surface area (Å²) in [7, 11) is 0.968. The number of amides is 1. The highest BCUT2D eigenvalue weighted by Gasteiger charge is 2.35. The summed E-state index contributed by atoms with van der Waals surface area (Å²) in [6.07, 6.45) is 3.53. The zero-order chi connectivity index (χ0) is 27.1. The monoisotopic (exact) mass is 541 g/mol. The van der Waals surface area contributed by atoms with E-state index in [2.05, 4.69) is 15.2 Å². The molecule has 1 aliphatic heterocycles. The SMILES string of the molecule is COc1cccc(CN2CCCN(S(=O)(=O)c3cn(C)cn3)C(c3ccccc3)CC(=O)NCC2)c1OC. The van der Waals surface area contributed by atoms with Crippen molar-refractivity contribution in [1.82, 2.24) is 24.1 Å². The van der Waals surface area contributed by atoms with Crippen LogP contribution in [-0.4, -0.2) is 73.5 Å². The van der Waals surface area contributed by atoms with Gasteiger partial charge in [0.05, 0.1) is 26.6 Å². The van der Waals surface area contributed by atoms with E-state index in [0.29, 0.717) is 44.1 Å². The highest BCUT2D eigenvalue weighted by atomic mass is 32.2. The average molecular weight is 542 g/mol. The minimum Gasteiger partial charge on any atom is -0.493 e. The number of imidazole rings is 1. The Morgan fingerprint density at radius 2 is 1.82 bits per heavy atom. The molecule has 1 N–H and O–H groups in total. The van der Waals surface area contributed by atoms with Gasteiger partial charge in [0.15, 0.2) is 16.5 Å². The lowest BCUT2D eigenvalue weighted by atomic mass is 10.0. The molecule has 3 aromatic rings. The van der Waals surface area contributed by atoms with Gasteiger partial charge in [0, 0.05) is 51.4 Å². The molecule has 1 unspecified atom stereocenters. The first kappa shape index (κ1) is 27.6. The van der Waals surface area contributed by atoms with E-state index in [-0.39, 0.29) is 23.9 Å². The first-order valence-electron chi connectivity index (χ1n) is 12.6. The number of para-hydroxylation sites is 1. The minimum atomic E-state index is -3.97. The molecule has 1 aliphatic rings. The number of rotatable bonds is 7. The molecule has 10 nitrogen and oxygen atoms in total. The third kappa shape index (κ3) is 6.35. The van der Waals surface area contributed by atoms with Gasteiger partial charge in [-0.1, -0.05) is 42.5 Å². The highest BCUT2D eigenvalue weighted by molar-refractivity contribution is 7.89. The first-order valence-corrected chi connectivity index (χ1v) is 14.0. The van der Waals surface area contributed by atoms with E-state index < -0.39 is 16.1 Å². The highest BCUT2D eigenvalue weighted by Crippen LogP contribution is 2.33. The van der Waals surface area contributed by atoms with E-state index >= 15 is 0 Å². The van der Waals surface area contributed by atoms with Gasteiger partial charge in [-0.2, -0.15) is 4.31 Å². The number of sulfonamides is 1. The molecule has 204 valence electrons. The van der Waals surface area contributed by atoms with Crippen molar-refractivity contribution in [1.29, 1.82) is 0 Å². The van der Waals surface area contributed by atoms with Crippen LogP contribution in [0.5, 0.6) is 11.5 Å². The lowest BCUT2D eigenvalue weighted by Gasteiger charge is -2.30. The number of aromatic nitrogens is 2. The first-order chi connectivity index (χ1) is 18.3. The second-order valence-electron chi connectivity index (χ2n) is 9.26. The van der Waals surface area contributed by atoms with Gasteiger partial charge in [0.2, 0.25) is 5.91 Å². The average Bonchev–Trinajstić information content (AvgIpc) is 3.35. The number of carbonyl (C=O) groups excluding carboxylic acids is 1. The summed E-state index contributed by atoms with van der Waals surface area (Å²) in [5.41, 5.74) is 1.72. The van der Waals surface area contributed by atoms with Crippen LogP contribution in [0, 0.1) is 0 Å². The van der Waals surface area contributed by atoms with Crippen LogP contribution in [0.4, 0.5) is 0 Å². The molecule has 2 heterocycles. The van der Waals surface area contributed by atoms with E-state index in [9.17, 15) is 13.2 Å². The Balaban J connectivity index is 1.64. The van der Waals surface area contributed by atoms with E-state index in [0.717, 1.165) is 11.1 Å². The molecular formula is C27H35N5O5S. The standard InChI is InChI=1S/C27H35N5O5S/c1-30-19-26(29-20-30)38(34,35)32-15-8-14-31(18-22-11-7-12-24(36-2)27(22)37-3)16-13-28-25(33)17-23(32)21-9-5-4-6-10-21/h4-7,9-12,19-20,23H,8,13-18H2,1-3H3,(H,28,33). The van der Waals surface area contributed by atoms with Crippen LogP contribution < -0.4 is 14.8 Å². The van der Waals surface area contributed by atoms with Crippen molar-refractivity contribution in [2.75, 3.05) is 40.4 Å². The maximum atomic E-state index is 13.8. The number of methoxy groups -OCH3 is 2. The fraction of sp³-hybridized carbons (Fsp3) is 0.407. The fourth-order valence-corrected chi connectivity index (χ4v) is 6.41. The molecule has 1 saturated heterocycles. The van der Waals surface area contributed by atoms with Gasteiger partial charge in [-0.05, 0) is 24.6 Å². The van der Waals surface area contributed by atoms with E-state index in [4.69, 9.17) is 9.47 Å². The number of nitrogens with zero attached hydrogens (tertiary/aromatic N) is 4. The predicted octanol–water partition coefficient (Wildman–Crippen LogP) is 2.58. The summed E-state index contributed by atoms with van der Waals surface area (Å²) in [5, 5.41) is 2.95. The van der Waals surface area contributed by atoms with Crippen LogP contribution in [0.3, 0.4) is 0 Å². The van der Waals surface area contributed by atoms with Gasteiger partial charge in [-0.15, -0.1) is 0 Å². The van der Waals surface area contributed by atoms with Crippen LogP contribution in [0.1, 0.15) is 30.0 Å². The molecule has 0 saturated carbocycles. The summed E-state index contributed by atoms with van der Waals surface area (Å²) >= 11 is 0.